The molecule has 1 aliphatic heterocycles. The molecule has 2 atom stereocenters. The Balaban J connectivity index is 1.95. The second-order valence-electron chi connectivity index (χ2n) is 8.71. The molecular weight excluding hydrogens is 527 g/mol. The standard InChI is InChI=1S/C25H23BrCl2N2O3/c1-13(31)23(32)29-21-12-25(2,3)33-24-19(21)11-17(14-4-7-16(27)8-5-14)22(30-24)18-10-15(26)6-9-20(18)28/h4-11,13,21,31H,12H2,1-3H3,(H,29,32)/t13-,21?/m0/s1. The van der Waals surface area contributed by atoms with Crippen LogP contribution in [0.5, 0.6) is 5.88 Å². The average molecular weight is 550 g/mol. The highest BCUT2D eigenvalue weighted by Crippen LogP contribution is 2.45. The van der Waals surface area contributed by atoms with Crippen molar-refractivity contribution >= 4 is 45.0 Å². The van der Waals surface area contributed by atoms with E-state index in [1.807, 2.05) is 62.4 Å². The van der Waals surface area contributed by atoms with Crippen LogP contribution in [0.15, 0.2) is 53.0 Å². The first-order valence-electron chi connectivity index (χ1n) is 10.5. The maximum absolute atomic E-state index is 12.3. The molecular formula is C25H23BrCl2N2O3. The van der Waals surface area contributed by atoms with Crippen molar-refractivity contribution in [2.24, 2.45) is 0 Å². The Morgan fingerprint density at radius 2 is 1.88 bits per heavy atom. The molecule has 1 unspecified atom stereocenters. The predicted octanol–water partition coefficient (Wildman–Crippen LogP) is 6.58. The number of ether oxygens (including phenoxy) is 1. The van der Waals surface area contributed by atoms with Crippen molar-refractivity contribution in [3.63, 3.8) is 0 Å². The van der Waals surface area contributed by atoms with Gasteiger partial charge in [0, 0.05) is 32.6 Å². The van der Waals surface area contributed by atoms with Gasteiger partial charge in [-0.25, -0.2) is 4.98 Å². The van der Waals surface area contributed by atoms with Crippen LogP contribution in [0.2, 0.25) is 10.0 Å². The number of aliphatic hydroxyl groups is 1. The lowest BCUT2D eigenvalue weighted by atomic mass is 9.88. The molecule has 4 rings (SSSR count). The first-order valence-corrected chi connectivity index (χ1v) is 12.0. The van der Waals surface area contributed by atoms with Crippen LogP contribution in [-0.4, -0.2) is 27.7 Å². The molecule has 0 spiro atoms. The number of carbonyl (C=O) groups is 1. The zero-order valence-corrected chi connectivity index (χ0v) is 21.4. The van der Waals surface area contributed by atoms with Crippen molar-refractivity contribution in [2.75, 3.05) is 0 Å². The van der Waals surface area contributed by atoms with Crippen molar-refractivity contribution < 1.29 is 14.6 Å². The lowest BCUT2D eigenvalue weighted by Gasteiger charge is -2.37. The predicted molar refractivity (Wildman–Crippen MR) is 135 cm³/mol. The maximum Gasteiger partial charge on any atom is 0.249 e. The summed E-state index contributed by atoms with van der Waals surface area (Å²) in [5, 5.41) is 13.9. The molecule has 0 radical (unpaired) electrons. The number of fused-ring (bicyclic) bond motifs is 1. The molecule has 3 aromatic rings. The molecule has 1 aliphatic rings. The Labute approximate surface area is 211 Å². The Hall–Kier alpha value is -2.12. The number of hydrogen-bond acceptors (Lipinski definition) is 4. The van der Waals surface area contributed by atoms with E-state index in [2.05, 4.69) is 21.2 Å². The van der Waals surface area contributed by atoms with Gasteiger partial charge in [-0.15, -0.1) is 0 Å². The second kappa shape index (κ2) is 9.26. The molecule has 1 aromatic heterocycles. The number of amides is 1. The van der Waals surface area contributed by atoms with Gasteiger partial charge in [-0.1, -0.05) is 51.3 Å². The van der Waals surface area contributed by atoms with E-state index in [-0.39, 0.29) is 6.04 Å². The molecule has 2 aromatic carbocycles. The van der Waals surface area contributed by atoms with Gasteiger partial charge in [0.25, 0.3) is 0 Å². The van der Waals surface area contributed by atoms with Crippen LogP contribution in [0.4, 0.5) is 0 Å². The number of nitrogens with zero attached hydrogens (tertiary/aromatic N) is 1. The normalized spacial score (nSPS) is 17.6. The van der Waals surface area contributed by atoms with Gasteiger partial charge in [0.1, 0.15) is 11.7 Å². The summed E-state index contributed by atoms with van der Waals surface area (Å²) < 4.78 is 7.10. The number of aliphatic hydroxyl groups excluding tert-OH is 1. The maximum atomic E-state index is 12.3. The number of nitrogens with one attached hydrogen (secondary N) is 1. The van der Waals surface area contributed by atoms with Crippen molar-refractivity contribution in [3.05, 3.63) is 68.6 Å². The number of aromatic nitrogens is 1. The highest BCUT2D eigenvalue weighted by molar-refractivity contribution is 9.10. The molecule has 33 heavy (non-hydrogen) atoms. The van der Waals surface area contributed by atoms with Gasteiger partial charge >= 0.3 is 0 Å². The Kier molecular flexibility index (Phi) is 6.74. The van der Waals surface area contributed by atoms with E-state index in [9.17, 15) is 9.90 Å². The van der Waals surface area contributed by atoms with E-state index in [0.29, 0.717) is 28.0 Å². The van der Waals surface area contributed by atoms with Crippen LogP contribution in [0, 0.1) is 0 Å². The van der Waals surface area contributed by atoms with E-state index >= 15 is 0 Å². The molecule has 0 aliphatic carbocycles. The smallest absolute Gasteiger partial charge is 0.249 e. The minimum absolute atomic E-state index is 0.378. The fraction of sp³-hybridized carbons (Fsp3) is 0.280. The molecule has 172 valence electrons. The molecule has 1 amide bonds. The largest absolute Gasteiger partial charge is 0.471 e. The number of pyridine rings is 1. The molecule has 2 heterocycles. The summed E-state index contributed by atoms with van der Waals surface area (Å²) in [6.07, 6.45) is -0.597. The molecule has 0 bridgehead atoms. The third kappa shape index (κ3) is 5.19. The van der Waals surface area contributed by atoms with Gasteiger partial charge in [0.15, 0.2) is 0 Å². The topological polar surface area (TPSA) is 71.5 Å². The van der Waals surface area contributed by atoms with E-state index in [1.54, 1.807) is 0 Å². The van der Waals surface area contributed by atoms with E-state index in [0.717, 1.165) is 26.7 Å². The minimum atomic E-state index is -1.12. The number of carbonyl (C=O) groups excluding carboxylic acids is 1. The van der Waals surface area contributed by atoms with Crippen LogP contribution in [0.1, 0.15) is 38.8 Å². The molecule has 0 fully saturated rings. The number of rotatable bonds is 4. The summed E-state index contributed by atoms with van der Waals surface area (Å²) in [5.74, 6) is -0.0262. The van der Waals surface area contributed by atoms with Crippen LogP contribution in [0.3, 0.4) is 0 Å². The fourth-order valence-corrected chi connectivity index (χ4v) is 4.60. The lowest BCUT2D eigenvalue weighted by molar-refractivity contribution is -0.129. The average Bonchev–Trinajstić information content (AvgIpc) is 2.74. The first-order chi connectivity index (χ1) is 15.5. The molecule has 5 nitrogen and oxygen atoms in total. The molecule has 0 saturated heterocycles. The number of halogens is 3. The summed E-state index contributed by atoms with van der Waals surface area (Å²) in [7, 11) is 0. The van der Waals surface area contributed by atoms with Crippen molar-refractivity contribution in [1.29, 1.82) is 0 Å². The monoisotopic (exact) mass is 548 g/mol. The van der Waals surface area contributed by atoms with Gasteiger partial charge in [0.05, 0.1) is 16.8 Å². The summed E-state index contributed by atoms with van der Waals surface area (Å²) >= 11 is 16.2. The summed E-state index contributed by atoms with van der Waals surface area (Å²) in [6.45, 7) is 5.33. The van der Waals surface area contributed by atoms with Crippen LogP contribution < -0.4 is 10.1 Å². The zero-order valence-electron chi connectivity index (χ0n) is 18.3. The van der Waals surface area contributed by atoms with Crippen LogP contribution >= 0.6 is 39.1 Å². The lowest BCUT2D eigenvalue weighted by Crippen LogP contribution is -2.44. The van der Waals surface area contributed by atoms with Gasteiger partial charge in [-0.3, -0.25) is 4.79 Å². The van der Waals surface area contributed by atoms with Gasteiger partial charge in [-0.2, -0.15) is 0 Å². The number of hydrogen-bond donors (Lipinski definition) is 2. The van der Waals surface area contributed by atoms with Crippen molar-refractivity contribution in [2.45, 2.75) is 44.9 Å². The SMILES string of the molecule is C[C@H](O)C(=O)NC1CC(C)(C)Oc2nc(-c3cc(Br)ccc3Cl)c(-c3ccc(Cl)cc3)cc21. The summed E-state index contributed by atoms with van der Waals surface area (Å²) in [4.78, 5) is 17.2. The van der Waals surface area contributed by atoms with E-state index in [4.69, 9.17) is 32.9 Å². The Morgan fingerprint density at radius 1 is 1.18 bits per heavy atom. The Bertz CT molecular complexity index is 1210. The molecule has 2 N–H and O–H groups in total. The summed E-state index contributed by atoms with van der Waals surface area (Å²) in [6, 6.07) is 14.6. The van der Waals surface area contributed by atoms with E-state index in [1.165, 1.54) is 6.92 Å². The van der Waals surface area contributed by atoms with E-state index < -0.39 is 17.6 Å². The second-order valence-corrected chi connectivity index (χ2v) is 10.5. The molecule has 0 saturated carbocycles. The highest BCUT2D eigenvalue weighted by Gasteiger charge is 2.37. The van der Waals surface area contributed by atoms with Gasteiger partial charge < -0.3 is 15.2 Å². The number of benzene rings is 2. The third-order valence-corrected chi connectivity index (χ3v) is 6.57. The quantitative estimate of drug-likeness (QED) is 0.385. The van der Waals surface area contributed by atoms with Crippen molar-refractivity contribution in [1.82, 2.24) is 10.3 Å². The van der Waals surface area contributed by atoms with Crippen LogP contribution in [0.25, 0.3) is 22.4 Å². The Morgan fingerprint density at radius 3 is 2.55 bits per heavy atom. The van der Waals surface area contributed by atoms with Crippen LogP contribution in [-0.2, 0) is 4.79 Å². The minimum Gasteiger partial charge on any atom is -0.471 e. The highest BCUT2D eigenvalue weighted by atomic mass is 79.9. The zero-order chi connectivity index (χ0) is 23.9. The van der Waals surface area contributed by atoms with Crippen molar-refractivity contribution in [3.8, 4) is 28.3 Å². The summed E-state index contributed by atoms with van der Waals surface area (Å²) in [5.41, 5.74) is 3.28. The fourth-order valence-electron chi connectivity index (χ4n) is 3.90. The molecule has 8 heteroatoms. The van der Waals surface area contributed by atoms with Gasteiger partial charge in [0.2, 0.25) is 11.8 Å². The van der Waals surface area contributed by atoms with Gasteiger partial charge in [-0.05, 0) is 62.7 Å². The third-order valence-electron chi connectivity index (χ3n) is 5.49. The first kappa shape index (κ1) is 24.0.